The molecule has 3 aliphatic heterocycles. The topological polar surface area (TPSA) is 62.2 Å². The molecule has 3 fully saturated rings. The van der Waals surface area contributed by atoms with Gasteiger partial charge in [0.25, 0.3) is 0 Å². The Bertz CT molecular complexity index is 611. The third-order valence-electron chi connectivity index (χ3n) is 4.53. The molecule has 4 rings (SSSR count). The maximum absolute atomic E-state index is 14.5. The first-order valence-corrected chi connectivity index (χ1v) is 7.42. The largest absolute Gasteiger partial charge is 0.441 e. The first kappa shape index (κ1) is 13.8. The van der Waals surface area contributed by atoms with E-state index in [2.05, 4.69) is 0 Å². The molecular formula is C15H17FN2O4. The number of ether oxygens (including phenoxy) is 2. The molecule has 1 unspecified atom stereocenters. The monoisotopic (exact) mass is 308 g/mol. The molecule has 118 valence electrons. The molecule has 3 atom stereocenters. The summed E-state index contributed by atoms with van der Waals surface area (Å²) >= 11 is 0. The highest BCUT2D eigenvalue weighted by Gasteiger charge is 2.40. The number of halogens is 1. The van der Waals surface area contributed by atoms with Crippen molar-refractivity contribution >= 4 is 17.5 Å². The third kappa shape index (κ3) is 2.12. The number of carbonyl (C=O) groups is 1. The van der Waals surface area contributed by atoms with E-state index in [9.17, 15) is 9.18 Å². The average molecular weight is 308 g/mol. The van der Waals surface area contributed by atoms with Crippen molar-refractivity contribution in [2.45, 2.75) is 24.7 Å². The molecular weight excluding hydrogens is 291 g/mol. The fourth-order valence-electron chi connectivity index (χ4n) is 3.42. The van der Waals surface area contributed by atoms with Crippen LogP contribution in [0.3, 0.4) is 0 Å². The summed E-state index contributed by atoms with van der Waals surface area (Å²) in [5.41, 5.74) is 0.994. The second kappa shape index (κ2) is 5.10. The standard InChI is InChI=1S/C15H17FN2O4/c16-13-4-9(18-6-12(7-19)22-15(18)20)1-2-14(13)17-5-11-3-10(17)8-21-11/h1-2,4,10-12,19H,3,5-8H2/t10-,11-,12?/m0/s1. The van der Waals surface area contributed by atoms with Crippen molar-refractivity contribution in [1.29, 1.82) is 0 Å². The zero-order valence-corrected chi connectivity index (χ0v) is 11.9. The maximum atomic E-state index is 14.5. The Morgan fingerprint density at radius 3 is 2.82 bits per heavy atom. The summed E-state index contributed by atoms with van der Waals surface area (Å²) in [6, 6.07) is 5.00. The predicted molar refractivity (Wildman–Crippen MR) is 76.6 cm³/mol. The highest BCUT2D eigenvalue weighted by atomic mass is 19.1. The maximum Gasteiger partial charge on any atom is 0.414 e. The minimum absolute atomic E-state index is 0.197. The number of rotatable bonds is 3. The van der Waals surface area contributed by atoms with Crippen LogP contribution in [0.1, 0.15) is 6.42 Å². The van der Waals surface area contributed by atoms with Crippen LogP contribution in [0.25, 0.3) is 0 Å². The van der Waals surface area contributed by atoms with Gasteiger partial charge in [0.2, 0.25) is 0 Å². The van der Waals surface area contributed by atoms with Crippen LogP contribution in [0.15, 0.2) is 18.2 Å². The molecule has 0 aliphatic carbocycles. The molecule has 1 aromatic rings. The predicted octanol–water partition coefficient (Wildman–Crippen LogP) is 1.12. The summed E-state index contributed by atoms with van der Waals surface area (Å²) in [7, 11) is 0. The van der Waals surface area contributed by atoms with E-state index in [1.807, 2.05) is 4.90 Å². The molecule has 6 nitrogen and oxygen atoms in total. The minimum Gasteiger partial charge on any atom is -0.441 e. The van der Waals surface area contributed by atoms with Gasteiger partial charge in [-0.05, 0) is 24.6 Å². The Hall–Kier alpha value is -1.86. The summed E-state index contributed by atoms with van der Waals surface area (Å²) < 4.78 is 25.0. The quantitative estimate of drug-likeness (QED) is 0.907. The zero-order chi connectivity index (χ0) is 15.3. The van der Waals surface area contributed by atoms with Crippen molar-refractivity contribution < 1.29 is 23.8 Å². The Kier molecular flexibility index (Phi) is 3.19. The molecule has 0 radical (unpaired) electrons. The number of hydrogen-bond acceptors (Lipinski definition) is 5. The molecule has 2 bridgehead atoms. The second-order valence-electron chi connectivity index (χ2n) is 5.93. The van der Waals surface area contributed by atoms with Gasteiger partial charge in [-0.3, -0.25) is 4.90 Å². The zero-order valence-electron chi connectivity index (χ0n) is 11.9. The van der Waals surface area contributed by atoms with E-state index in [1.165, 1.54) is 11.0 Å². The fourth-order valence-corrected chi connectivity index (χ4v) is 3.42. The number of aliphatic hydroxyl groups excluding tert-OH is 1. The molecule has 7 heteroatoms. The van der Waals surface area contributed by atoms with Gasteiger partial charge in [0.1, 0.15) is 11.9 Å². The number of benzene rings is 1. The van der Waals surface area contributed by atoms with Crippen LogP contribution in [-0.4, -0.2) is 55.8 Å². The second-order valence-corrected chi connectivity index (χ2v) is 5.93. The number of fused-ring (bicyclic) bond motifs is 2. The van der Waals surface area contributed by atoms with Crippen LogP contribution in [0.4, 0.5) is 20.6 Å². The van der Waals surface area contributed by atoms with Crippen molar-refractivity contribution in [2.75, 3.05) is 36.1 Å². The van der Waals surface area contributed by atoms with Gasteiger partial charge < -0.3 is 19.5 Å². The average Bonchev–Trinajstić information content (AvgIpc) is 3.21. The van der Waals surface area contributed by atoms with Gasteiger partial charge in [-0.15, -0.1) is 0 Å². The van der Waals surface area contributed by atoms with Crippen molar-refractivity contribution in [1.82, 2.24) is 0 Å². The Morgan fingerprint density at radius 1 is 1.36 bits per heavy atom. The summed E-state index contributed by atoms with van der Waals surface area (Å²) in [6.07, 6.45) is 0.0298. The summed E-state index contributed by atoms with van der Waals surface area (Å²) in [5.74, 6) is -0.356. The lowest BCUT2D eigenvalue weighted by Crippen LogP contribution is -2.37. The minimum atomic E-state index is -0.556. The smallest absolute Gasteiger partial charge is 0.414 e. The Labute approximate surface area is 127 Å². The molecule has 0 aromatic heterocycles. The van der Waals surface area contributed by atoms with Crippen molar-refractivity contribution in [3.63, 3.8) is 0 Å². The normalized spacial score (nSPS) is 30.3. The number of aliphatic hydroxyl groups is 1. The van der Waals surface area contributed by atoms with Crippen LogP contribution < -0.4 is 9.80 Å². The van der Waals surface area contributed by atoms with Crippen molar-refractivity contribution in [3.8, 4) is 0 Å². The van der Waals surface area contributed by atoms with Crippen molar-refractivity contribution in [3.05, 3.63) is 24.0 Å². The highest BCUT2D eigenvalue weighted by Crippen LogP contribution is 2.35. The molecule has 0 spiro atoms. The molecule has 3 saturated heterocycles. The summed E-state index contributed by atoms with van der Waals surface area (Å²) in [4.78, 5) is 15.1. The number of carbonyl (C=O) groups excluding carboxylic acids is 1. The van der Waals surface area contributed by atoms with Gasteiger partial charge in [0, 0.05) is 6.54 Å². The van der Waals surface area contributed by atoms with Crippen LogP contribution >= 0.6 is 0 Å². The number of amides is 1. The van der Waals surface area contributed by atoms with E-state index in [1.54, 1.807) is 12.1 Å². The lowest BCUT2D eigenvalue weighted by atomic mass is 10.2. The highest BCUT2D eigenvalue weighted by molar-refractivity contribution is 5.90. The molecule has 1 amide bonds. The summed E-state index contributed by atoms with van der Waals surface area (Å²) in [5, 5.41) is 9.05. The Balaban J connectivity index is 1.57. The van der Waals surface area contributed by atoms with Gasteiger partial charge in [0.15, 0.2) is 0 Å². The molecule has 0 saturated carbocycles. The lowest BCUT2D eigenvalue weighted by Gasteiger charge is -2.29. The van der Waals surface area contributed by atoms with Gasteiger partial charge in [-0.2, -0.15) is 0 Å². The number of hydrogen-bond donors (Lipinski definition) is 1. The van der Waals surface area contributed by atoms with Gasteiger partial charge >= 0.3 is 6.09 Å². The molecule has 3 heterocycles. The third-order valence-corrected chi connectivity index (χ3v) is 4.53. The Morgan fingerprint density at radius 2 is 2.23 bits per heavy atom. The first-order valence-electron chi connectivity index (χ1n) is 7.42. The van der Waals surface area contributed by atoms with Crippen LogP contribution in [-0.2, 0) is 9.47 Å². The number of anilines is 2. The number of cyclic esters (lactones) is 1. The van der Waals surface area contributed by atoms with E-state index in [4.69, 9.17) is 14.6 Å². The molecule has 1 N–H and O–H groups in total. The van der Waals surface area contributed by atoms with E-state index in [-0.39, 0.29) is 31.1 Å². The number of nitrogens with zero attached hydrogens (tertiary/aromatic N) is 2. The van der Waals surface area contributed by atoms with Gasteiger partial charge in [-0.1, -0.05) is 0 Å². The molecule has 1 aromatic carbocycles. The van der Waals surface area contributed by atoms with Gasteiger partial charge in [-0.25, -0.2) is 9.18 Å². The van der Waals surface area contributed by atoms with E-state index in [0.29, 0.717) is 24.5 Å². The van der Waals surface area contributed by atoms with Crippen LogP contribution in [0, 0.1) is 5.82 Å². The van der Waals surface area contributed by atoms with E-state index < -0.39 is 12.2 Å². The van der Waals surface area contributed by atoms with Crippen LogP contribution in [0.5, 0.6) is 0 Å². The molecule has 22 heavy (non-hydrogen) atoms. The summed E-state index contributed by atoms with van der Waals surface area (Å²) in [6.45, 7) is 1.35. The van der Waals surface area contributed by atoms with Crippen molar-refractivity contribution in [2.24, 2.45) is 0 Å². The lowest BCUT2D eigenvalue weighted by molar-refractivity contribution is 0.0963. The van der Waals surface area contributed by atoms with Crippen LogP contribution in [0.2, 0.25) is 0 Å². The van der Waals surface area contributed by atoms with E-state index >= 15 is 0 Å². The SMILES string of the molecule is O=C1OC(CO)CN1c1ccc(N2C[C@@H]3C[C@H]2CO3)c(F)c1. The number of morpholine rings is 1. The van der Waals surface area contributed by atoms with E-state index in [0.717, 1.165) is 6.42 Å². The first-order chi connectivity index (χ1) is 10.7. The molecule has 3 aliphatic rings. The fraction of sp³-hybridized carbons (Fsp3) is 0.533. The van der Waals surface area contributed by atoms with Gasteiger partial charge in [0.05, 0.1) is 43.3 Å².